The highest BCUT2D eigenvalue weighted by Gasteiger charge is 2.46. The molecule has 1 N–H and O–H groups in total. The Labute approximate surface area is 175 Å². The van der Waals surface area contributed by atoms with Crippen molar-refractivity contribution in [2.75, 3.05) is 12.0 Å². The fraction of sp³-hybridized carbons (Fsp3) is 0.190. The number of thiazole rings is 1. The van der Waals surface area contributed by atoms with Gasteiger partial charge in [-0.3, -0.25) is 14.5 Å². The van der Waals surface area contributed by atoms with Gasteiger partial charge in [-0.05, 0) is 37.4 Å². The number of aromatic nitrogens is 1. The third-order valence-corrected chi connectivity index (χ3v) is 6.72. The van der Waals surface area contributed by atoms with Crippen molar-refractivity contribution in [1.82, 2.24) is 4.98 Å². The largest absolute Gasteiger partial charge is 0.503 e. The van der Waals surface area contributed by atoms with Gasteiger partial charge in [-0.15, -0.1) is 22.7 Å². The highest BCUT2D eigenvalue weighted by atomic mass is 32.1. The lowest BCUT2D eigenvalue weighted by molar-refractivity contribution is -0.117. The summed E-state index contributed by atoms with van der Waals surface area (Å²) in [5.74, 6) is -1.07. The maximum Gasteiger partial charge on any atom is 0.294 e. The quantitative estimate of drug-likeness (QED) is 0.603. The molecule has 0 aliphatic carbocycles. The Bertz CT molecular complexity index is 1130. The molecule has 8 heteroatoms. The average molecular weight is 427 g/mol. The number of thiophene rings is 1. The second-order valence-electron chi connectivity index (χ2n) is 6.50. The van der Waals surface area contributed by atoms with Gasteiger partial charge in [-0.25, -0.2) is 4.98 Å². The SMILES string of the molecule is COc1ccccc1N1C(=O)C(O)=C(C(=O)c2sc(C)nc2C)C1c1cccs1. The van der Waals surface area contributed by atoms with Gasteiger partial charge in [0.25, 0.3) is 5.91 Å². The zero-order valence-electron chi connectivity index (χ0n) is 16.0. The molecule has 1 atom stereocenters. The van der Waals surface area contributed by atoms with E-state index in [1.54, 1.807) is 31.2 Å². The van der Waals surface area contributed by atoms with Crippen LogP contribution in [0.5, 0.6) is 5.75 Å². The standard InChI is InChI=1S/C21H18N2O4S2/c1-11-20(29-12(2)22-11)18(24)16-17(15-9-6-10-28-15)23(21(26)19(16)25)13-7-4-5-8-14(13)27-3/h4-10,17,25H,1-3H3. The maximum atomic E-state index is 13.4. The minimum Gasteiger partial charge on any atom is -0.503 e. The molecule has 0 saturated carbocycles. The average Bonchev–Trinajstić information content (AvgIpc) is 3.41. The number of aliphatic hydroxyl groups is 1. The number of anilines is 1. The third-order valence-electron chi connectivity index (χ3n) is 4.72. The number of nitrogens with zero attached hydrogens (tertiary/aromatic N) is 2. The van der Waals surface area contributed by atoms with Gasteiger partial charge in [0.15, 0.2) is 5.76 Å². The number of ether oxygens (including phenoxy) is 1. The molecule has 0 radical (unpaired) electrons. The van der Waals surface area contributed by atoms with Crippen LogP contribution in [-0.4, -0.2) is 28.9 Å². The lowest BCUT2D eigenvalue weighted by Crippen LogP contribution is -2.30. The molecule has 0 bridgehead atoms. The molecule has 1 aliphatic rings. The van der Waals surface area contributed by atoms with Crippen LogP contribution in [0, 0.1) is 13.8 Å². The van der Waals surface area contributed by atoms with Crippen molar-refractivity contribution < 1.29 is 19.4 Å². The van der Waals surface area contributed by atoms with Crippen LogP contribution in [-0.2, 0) is 4.79 Å². The van der Waals surface area contributed by atoms with Gasteiger partial charge in [0, 0.05) is 4.88 Å². The molecular weight excluding hydrogens is 408 g/mol. The van der Waals surface area contributed by atoms with E-state index in [-0.39, 0.29) is 11.4 Å². The summed E-state index contributed by atoms with van der Waals surface area (Å²) in [6.07, 6.45) is 0. The maximum absolute atomic E-state index is 13.4. The number of hydrogen-bond acceptors (Lipinski definition) is 7. The topological polar surface area (TPSA) is 79.7 Å². The van der Waals surface area contributed by atoms with Crippen LogP contribution in [0.15, 0.2) is 53.1 Å². The van der Waals surface area contributed by atoms with Gasteiger partial charge in [-0.2, -0.15) is 0 Å². The van der Waals surface area contributed by atoms with Crippen molar-refractivity contribution in [2.24, 2.45) is 0 Å². The number of amides is 1. The first-order valence-electron chi connectivity index (χ1n) is 8.85. The first-order chi connectivity index (χ1) is 13.9. The molecule has 3 heterocycles. The molecule has 1 aliphatic heterocycles. The van der Waals surface area contributed by atoms with Crippen LogP contribution in [0.1, 0.15) is 31.3 Å². The van der Waals surface area contributed by atoms with Gasteiger partial charge >= 0.3 is 0 Å². The Morgan fingerprint density at radius 1 is 1.21 bits per heavy atom. The molecular formula is C21H18N2O4S2. The Morgan fingerprint density at radius 2 is 1.97 bits per heavy atom. The van der Waals surface area contributed by atoms with Gasteiger partial charge < -0.3 is 9.84 Å². The lowest BCUT2D eigenvalue weighted by Gasteiger charge is -2.27. The fourth-order valence-corrected chi connectivity index (χ4v) is 5.19. The van der Waals surface area contributed by atoms with Gasteiger partial charge in [0.1, 0.15) is 11.8 Å². The van der Waals surface area contributed by atoms with Crippen molar-refractivity contribution in [3.63, 3.8) is 0 Å². The summed E-state index contributed by atoms with van der Waals surface area (Å²) in [4.78, 5) is 33.5. The summed E-state index contributed by atoms with van der Waals surface area (Å²) in [7, 11) is 1.52. The van der Waals surface area contributed by atoms with E-state index in [1.807, 2.05) is 24.4 Å². The van der Waals surface area contributed by atoms with Crippen LogP contribution in [0.3, 0.4) is 0 Å². The number of benzene rings is 1. The second kappa shape index (κ2) is 7.46. The first-order valence-corrected chi connectivity index (χ1v) is 10.6. The molecule has 0 saturated heterocycles. The van der Waals surface area contributed by atoms with E-state index in [0.29, 0.717) is 22.0 Å². The van der Waals surface area contributed by atoms with E-state index in [0.717, 1.165) is 9.88 Å². The Balaban J connectivity index is 1.90. The van der Waals surface area contributed by atoms with Gasteiger partial charge in [0.2, 0.25) is 5.78 Å². The van der Waals surface area contributed by atoms with Gasteiger partial charge in [-0.1, -0.05) is 18.2 Å². The molecule has 29 heavy (non-hydrogen) atoms. The predicted octanol–water partition coefficient (Wildman–Crippen LogP) is 4.61. The van der Waals surface area contributed by atoms with E-state index < -0.39 is 17.7 Å². The minimum absolute atomic E-state index is 0.0649. The third kappa shape index (κ3) is 3.14. The van der Waals surface area contributed by atoms with E-state index in [9.17, 15) is 14.7 Å². The summed E-state index contributed by atoms with van der Waals surface area (Å²) in [5.41, 5.74) is 1.14. The number of hydrogen-bond donors (Lipinski definition) is 1. The smallest absolute Gasteiger partial charge is 0.294 e. The number of para-hydroxylation sites is 2. The Hall–Kier alpha value is -2.97. The molecule has 1 aromatic carbocycles. The van der Waals surface area contributed by atoms with Crippen LogP contribution < -0.4 is 9.64 Å². The summed E-state index contributed by atoms with van der Waals surface area (Å²) in [6, 6.07) is 10.0. The van der Waals surface area contributed by atoms with Crippen molar-refractivity contribution in [2.45, 2.75) is 19.9 Å². The molecule has 0 fully saturated rings. The van der Waals surface area contributed by atoms with Crippen molar-refractivity contribution in [3.05, 3.63) is 73.6 Å². The normalized spacial score (nSPS) is 16.6. The molecule has 1 unspecified atom stereocenters. The highest BCUT2D eigenvalue weighted by molar-refractivity contribution is 7.14. The van der Waals surface area contributed by atoms with Crippen LogP contribution >= 0.6 is 22.7 Å². The fourth-order valence-electron chi connectivity index (χ4n) is 3.49. The molecule has 3 aromatic rings. The number of aliphatic hydroxyl groups excluding tert-OH is 1. The number of ketones is 1. The summed E-state index contributed by atoms with van der Waals surface area (Å²) >= 11 is 2.68. The Morgan fingerprint density at radius 3 is 2.59 bits per heavy atom. The number of aryl methyl sites for hydroxylation is 2. The number of methoxy groups -OCH3 is 1. The highest BCUT2D eigenvalue weighted by Crippen LogP contribution is 2.46. The van der Waals surface area contributed by atoms with Crippen molar-refractivity contribution in [1.29, 1.82) is 0 Å². The van der Waals surface area contributed by atoms with Crippen molar-refractivity contribution >= 4 is 40.1 Å². The number of Topliss-reactive ketones (excluding diaryl/α,β-unsaturated/α-hetero) is 1. The summed E-state index contributed by atoms with van der Waals surface area (Å²) < 4.78 is 5.43. The van der Waals surface area contributed by atoms with E-state index in [4.69, 9.17) is 4.74 Å². The van der Waals surface area contributed by atoms with Crippen LogP contribution in [0.4, 0.5) is 5.69 Å². The predicted molar refractivity (Wildman–Crippen MR) is 113 cm³/mol. The van der Waals surface area contributed by atoms with Crippen LogP contribution in [0.2, 0.25) is 0 Å². The monoisotopic (exact) mass is 426 g/mol. The number of rotatable bonds is 5. The first kappa shape index (κ1) is 19.4. The minimum atomic E-state index is -0.742. The number of carbonyl (C=O) groups excluding carboxylic acids is 2. The van der Waals surface area contributed by atoms with Crippen LogP contribution in [0.25, 0.3) is 0 Å². The van der Waals surface area contributed by atoms with Gasteiger partial charge in [0.05, 0.1) is 33.9 Å². The summed E-state index contributed by atoms with van der Waals surface area (Å²) in [5, 5.41) is 13.4. The molecule has 1 amide bonds. The lowest BCUT2D eigenvalue weighted by atomic mass is 10.00. The zero-order valence-corrected chi connectivity index (χ0v) is 17.6. The molecule has 4 rings (SSSR count). The Kier molecular flexibility index (Phi) is 4.97. The zero-order chi connectivity index (χ0) is 20.7. The van der Waals surface area contributed by atoms with Crippen molar-refractivity contribution in [3.8, 4) is 5.75 Å². The summed E-state index contributed by atoms with van der Waals surface area (Å²) in [6.45, 7) is 3.57. The van der Waals surface area contributed by atoms with E-state index >= 15 is 0 Å². The van der Waals surface area contributed by atoms with E-state index in [2.05, 4.69) is 4.98 Å². The molecule has 6 nitrogen and oxygen atoms in total. The molecule has 2 aromatic heterocycles. The number of carbonyl (C=O) groups is 2. The van der Waals surface area contributed by atoms with E-state index in [1.165, 1.54) is 34.7 Å². The molecule has 0 spiro atoms. The second-order valence-corrected chi connectivity index (χ2v) is 8.69. The molecule has 148 valence electrons.